The lowest BCUT2D eigenvalue weighted by Crippen LogP contribution is -2.33. The van der Waals surface area contributed by atoms with Crippen molar-refractivity contribution in [2.45, 2.75) is 33.5 Å². The third-order valence-corrected chi connectivity index (χ3v) is 4.97. The summed E-state index contributed by atoms with van der Waals surface area (Å²) in [6.07, 6.45) is 1.95. The Bertz CT molecular complexity index is 809. The van der Waals surface area contributed by atoms with E-state index in [1.807, 2.05) is 33.5 Å². The van der Waals surface area contributed by atoms with Crippen LogP contribution in [0, 0.1) is 10.2 Å². The molecule has 1 N–H and O–H groups in total. The molecule has 0 saturated heterocycles. The zero-order valence-corrected chi connectivity index (χ0v) is 14.6. The van der Waals surface area contributed by atoms with E-state index in [1.54, 1.807) is 11.3 Å². The molecule has 6 heteroatoms. The lowest BCUT2D eigenvalue weighted by Gasteiger charge is -2.30. The average molecular weight is 332 g/mol. The summed E-state index contributed by atoms with van der Waals surface area (Å²) >= 11 is 7.28. The first-order valence-electron chi connectivity index (χ1n) is 7.28. The van der Waals surface area contributed by atoms with Gasteiger partial charge in [-0.1, -0.05) is 32.9 Å². The van der Waals surface area contributed by atoms with Gasteiger partial charge < -0.3 is 0 Å². The summed E-state index contributed by atoms with van der Waals surface area (Å²) in [7, 11) is 0. The Morgan fingerprint density at radius 1 is 1.27 bits per heavy atom. The van der Waals surface area contributed by atoms with Gasteiger partial charge in [0.25, 0.3) is 0 Å². The Morgan fingerprint density at radius 3 is 2.73 bits per heavy atom. The highest BCUT2D eigenvalue weighted by Crippen LogP contribution is 2.35. The van der Waals surface area contributed by atoms with E-state index in [0.717, 1.165) is 5.65 Å². The normalized spacial score (nSPS) is 13.6. The number of hydrogen-bond donors (Lipinski definition) is 1. The van der Waals surface area contributed by atoms with Crippen molar-refractivity contribution in [2.24, 2.45) is 5.41 Å². The van der Waals surface area contributed by atoms with Crippen LogP contribution in [0.4, 0.5) is 0 Å². The number of thiophene rings is 1. The van der Waals surface area contributed by atoms with Crippen molar-refractivity contribution >= 4 is 29.2 Å². The smallest absolute Gasteiger partial charge is 0.203 e. The first-order chi connectivity index (χ1) is 10.5. The third-order valence-electron chi connectivity index (χ3n) is 3.63. The Labute approximate surface area is 139 Å². The van der Waals surface area contributed by atoms with Gasteiger partial charge in [-0.2, -0.15) is 5.10 Å². The summed E-state index contributed by atoms with van der Waals surface area (Å²) in [5.74, 6) is 0. The molecule has 3 aromatic rings. The first-order valence-corrected chi connectivity index (χ1v) is 8.56. The molecule has 4 nitrogen and oxygen atoms in total. The van der Waals surface area contributed by atoms with E-state index in [1.165, 1.54) is 4.88 Å². The quantitative estimate of drug-likeness (QED) is 0.725. The number of rotatable bonds is 4. The number of nitrogens with zero attached hydrogens (tertiary/aromatic N) is 3. The summed E-state index contributed by atoms with van der Waals surface area (Å²) in [6, 6.07) is 10.4. The molecule has 3 heterocycles. The van der Waals surface area contributed by atoms with Crippen LogP contribution in [0.25, 0.3) is 5.65 Å². The van der Waals surface area contributed by atoms with Gasteiger partial charge in [-0.3, -0.25) is 9.72 Å². The molecule has 3 aromatic heterocycles. The third kappa shape index (κ3) is 2.99. The van der Waals surface area contributed by atoms with Gasteiger partial charge in [0, 0.05) is 17.1 Å². The van der Waals surface area contributed by atoms with Gasteiger partial charge in [-0.25, -0.2) is 4.68 Å². The van der Waals surface area contributed by atoms with E-state index in [0.29, 0.717) is 11.4 Å². The van der Waals surface area contributed by atoms with Gasteiger partial charge >= 0.3 is 0 Å². The van der Waals surface area contributed by atoms with Crippen molar-refractivity contribution in [3.63, 3.8) is 0 Å². The first kappa shape index (κ1) is 15.4. The zero-order chi connectivity index (χ0) is 15.7. The molecule has 116 valence electrons. The van der Waals surface area contributed by atoms with Crippen LogP contribution in [-0.2, 0) is 6.67 Å². The number of pyridine rings is 1. The standard InChI is InChI=1S/C16H20N4S2/c1-16(2,3)14(12-7-6-10-22-12)17-11-20-15(21)19-9-5-4-8-13(19)18-20/h4-10,14,17H,11H2,1-3H3/t14-/m0/s1. The monoisotopic (exact) mass is 332 g/mol. The fourth-order valence-corrected chi connectivity index (χ4v) is 3.84. The van der Waals surface area contributed by atoms with Crippen LogP contribution in [0.1, 0.15) is 31.7 Å². The number of fused-ring (bicyclic) bond motifs is 1. The molecule has 0 bridgehead atoms. The topological polar surface area (TPSA) is 34.3 Å². The fraction of sp³-hybridized carbons (Fsp3) is 0.375. The molecule has 0 amide bonds. The fourth-order valence-electron chi connectivity index (χ4n) is 2.54. The van der Waals surface area contributed by atoms with E-state index in [4.69, 9.17) is 12.2 Å². The van der Waals surface area contributed by atoms with Crippen LogP contribution in [0.5, 0.6) is 0 Å². The Hall–Kier alpha value is -1.50. The average Bonchev–Trinajstić information content (AvgIpc) is 3.08. The molecule has 0 fully saturated rings. The molecular weight excluding hydrogens is 312 g/mol. The molecule has 3 rings (SSSR count). The van der Waals surface area contributed by atoms with Gasteiger partial charge in [0.1, 0.15) is 0 Å². The highest BCUT2D eigenvalue weighted by molar-refractivity contribution is 7.71. The van der Waals surface area contributed by atoms with Crippen molar-refractivity contribution < 1.29 is 0 Å². The van der Waals surface area contributed by atoms with Gasteiger partial charge in [-0.05, 0) is 41.2 Å². The maximum atomic E-state index is 5.50. The maximum absolute atomic E-state index is 5.50. The van der Waals surface area contributed by atoms with E-state index in [-0.39, 0.29) is 11.5 Å². The molecule has 0 radical (unpaired) electrons. The predicted octanol–water partition coefficient (Wildman–Crippen LogP) is 4.26. The van der Waals surface area contributed by atoms with E-state index < -0.39 is 0 Å². The minimum atomic E-state index is 0.117. The van der Waals surface area contributed by atoms with Crippen molar-refractivity contribution in [1.82, 2.24) is 19.5 Å². The van der Waals surface area contributed by atoms with E-state index >= 15 is 0 Å². The van der Waals surface area contributed by atoms with E-state index in [2.05, 4.69) is 48.7 Å². The van der Waals surface area contributed by atoms with Crippen LogP contribution in [-0.4, -0.2) is 14.2 Å². The molecule has 1 atom stereocenters. The molecule has 22 heavy (non-hydrogen) atoms. The second kappa shape index (κ2) is 5.95. The summed E-state index contributed by atoms with van der Waals surface area (Å²) in [5, 5.41) is 10.3. The van der Waals surface area contributed by atoms with Crippen molar-refractivity contribution in [3.05, 3.63) is 51.6 Å². The second-order valence-corrected chi connectivity index (χ2v) is 7.73. The lowest BCUT2D eigenvalue weighted by molar-refractivity contribution is 0.255. The SMILES string of the molecule is CC(C)(C)[C@@H](NCn1nc2ccccn2c1=S)c1cccs1. The van der Waals surface area contributed by atoms with Gasteiger partial charge in [0.2, 0.25) is 4.77 Å². The predicted molar refractivity (Wildman–Crippen MR) is 93.7 cm³/mol. The zero-order valence-electron chi connectivity index (χ0n) is 13.0. The number of nitrogens with one attached hydrogen (secondary N) is 1. The number of aromatic nitrogens is 3. The molecule has 0 aliphatic carbocycles. The maximum Gasteiger partial charge on any atom is 0.203 e. The van der Waals surface area contributed by atoms with Gasteiger partial charge in [-0.15, -0.1) is 11.3 Å². The van der Waals surface area contributed by atoms with Crippen molar-refractivity contribution in [3.8, 4) is 0 Å². The van der Waals surface area contributed by atoms with E-state index in [9.17, 15) is 0 Å². The summed E-state index contributed by atoms with van der Waals surface area (Å²) < 4.78 is 4.48. The van der Waals surface area contributed by atoms with Crippen LogP contribution in [0.2, 0.25) is 0 Å². The Morgan fingerprint density at radius 2 is 2.09 bits per heavy atom. The van der Waals surface area contributed by atoms with Crippen LogP contribution in [0.3, 0.4) is 0 Å². The molecule has 0 aliphatic rings. The second-order valence-electron chi connectivity index (χ2n) is 6.39. The van der Waals surface area contributed by atoms with Gasteiger partial charge in [0.05, 0.1) is 6.67 Å². The van der Waals surface area contributed by atoms with Crippen LogP contribution in [0.15, 0.2) is 41.9 Å². The number of hydrogen-bond acceptors (Lipinski definition) is 4. The van der Waals surface area contributed by atoms with Crippen LogP contribution < -0.4 is 5.32 Å². The summed E-state index contributed by atoms with van der Waals surface area (Å²) in [6.45, 7) is 7.33. The van der Waals surface area contributed by atoms with Crippen LogP contribution >= 0.6 is 23.6 Å². The Balaban J connectivity index is 1.85. The minimum absolute atomic E-state index is 0.117. The molecule has 0 aliphatic heterocycles. The summed E-state index contributed by atoms with van der Waals surface area (Å²) in [4.78, 5) is 1.34. The Kier molecular flexibility index (Phi) is 4.16. The molecule has 0 saturated carbocycles. The van der Waals surface area contributed by atoms with Crippen molar-refractivity contribution in [1.29, 1.82) is 0 Å². The van der Waals surface area contributed by atoms with Crippen molar-refractivity contribution in [2.75, 3.05) is 0 Å². The molecule has 0 aromatic carbocycles. The molecular formula is C16H20N4S2. The molecule has 0 spiro atoms. The highest BCUT2D eigenvalue weighted by atomic mass is 32.1. The minimum Gasteiger partial charge on any atom is -0.290 e. The lowest BCUT2D eigenvalue weighted by atomic mass is 9.86. The molecule has 0 unspecified atom stereocenters. The highest BCUT2D eigenvalue weighted by Gasteiger charge is 2.26. The largest absolute Gasteiger partial charge is 0.290 e. The van der Waals surface area contributed by atoms with Gasteiger partial charge in [0.15, 0.2) is 5.65 Å². The summed E-state index contributed by atoms with van der Waals surface area (Å²) in [5.41, 5.74) is 0.990.